The first-order chi connectivity index (χ1) is 13.1. The van der Waals surface area contributed by atoms with Gasteiger partial charge in [-0.25, -0.2) is 0 Å². The molecule has 2 rings (SSSR count). The molecule has 2 N–H and O–H groups in total. The van der Waals surface area contributed by atoms with Crippen LogP contribution in [0.4, 0.5) is 0 Å². The number of hydrogen-bond donors (Lipinski definition) is 2. The van der Waals surface area contributed by atoms with E-state index in [4.69, 9.17) is 21.7 Å². The normalized spacial score (nSPS) is 10.5. The van der Waals surface area contributed by atoms with Crippen molar-refractivity contribution in [2.24, 2.45) is 0 Å². The van der Waals surface area contributed by atoms with E-state index in [0.717, 1.165) is 44.0 Å². The van der Waals surface area contributed by atoms with E-state index in [1.54, 1.807) is 0 Å². The van der Waals surface area contributed by atoms with Gasteiger partial charge in [0, 0.05) is 25.8 Å². The van der Waals surface area contributed by atoms with Crippen LogP contribution in [0.2, 0.25) is 0 Å². The van der Waals surface area contributed by atoms with Crippen molar-refractivity contribution in [1.82, 2.24) is 20.4 Å². The van der Waals surface area contributed by atoms with Gasteiger partial charge in [0.25, 0.3) is 0 Å². The van der Waals surface area contributed by atoms with E-state index in [2.05, 4.69) is 21.8 Å². The van der Waals surface area contributed by atoms with Gasteiger partial charge in [-0.1, -0.05) is 6.07 Å². The fourth-order valence-corrected chi connectivity index (χ4v) is 2.87. The zero-order valence-electron chi connectivity index (χ0n) is 16.5. The third-order valence-electron chi connectivity index (χ3n) is 3.92. The van der Waals surface area contributed by atoms with Gasteiger partial charge in [0.05, 0.1) is 19.4 Å². The van der Waals surface area contributed by atoms with Crippen LogP contribution < -0.4 is 20.1 Å². The van der Waals surface area contributed by atoms with E-state index in [1.165, 1.54) is 11.1 Å². The van der Waals surface area contributed by atoms with Crippen molar-refractivity contribution in [3.8, 4) is 11.5 Å². The van der Waals surface area contributed by atoms with Crippen molar-refractivity contribution in [3.63, 3.8) is 0 Å². The third kappa shape index (κ3) is 7.46. The average Bonchev–Trinajstić information content (AvgIpc) is 3.06. The first kappa shape index (κ1) is 21.0. The molecule has 1 aromatic heterocycles. The highest BCUT2D eigenvalue weighted by Gasteiger charge is 2.06. The summed E-state index contributed by atoms with van der Waals surface area (Å²) in [5, 5.41) is 11.4. The minimum absolute atomic E-state index is 0.619. The average molecular weight is 391 g/mol. The predicted molar refractivity (Wildman–Crippen MR) is 113 cm³/mol. The number of benzene rings is 1. The maximum Gasteiger partial charge on any atom is 0.166 e. The Balaban J connectivity index is 1.67. The van der Waals surface area contributed by atoms with Gasteiger partial charge in [-0.15, -0.1) is 0 Å². The maximum atomic E-state index is 5.67. The molecule has 6 nitrogen and oxygen atoms in total. The fraction of sp³-hybridized carbons (Fsp3) is 0.500. The van der Waals surface area contributed by atoms with Crippen LogP contribution >= 0.6 is 12.2 Å². The zero-order chi connectivity index (χ0) is 19.5. The minimum Gasteiger partial charge on any atom is -0.490 e. The largest absolute Gasteiger partial charge is 0.490 e. The smallest absolute Gasteiger partial charge is 0.166 e. The standard InChI is InChI=1S/C20H30N4O2S/c1-4-25-18-8-7-17(13-19(18)26-5-2)9-11-22-20(27)21-10-6-12-24-15-16(3)14-23-24/h7-8,13-15H,4-6,9-12H2,1-3H3,(H2,21,22,27). The fourth-order valence-electron chi connectivity index (χ4n) is 2.67. The Labute approximate surface area is 167 Å². The Kier molecular flexibility index (Phi) is 8.91. The molecule has 27 heavy (non-hydrogen) atoms. The summed E-state index contributed by atoms with van der Waals surface area (Å²) in [6, 6.07) is 6.08. The van der Waals surface area contributed by atoms with Crippen molar-refractivity contribution < 1.29 is 9.47 Å². The molecule has 0 spiro atoms. The monoisotopic (exact) mass is 390 g/mol. The number of nitrogens with zero attached hydrogens (tertiary/aromatic N) is 2. The summed E-state index contributed by atoms with van der Waals surface area (Å²) >= 11 is 5.34. The molecule has 0 saturated carbocycles. The number of rotatable bonds is 11. The van der Waals surface area contributed by atoms with Crippen LogP contribution in [0.1, 0.15) is 31.4 Å². The van der Waals surface area contributed by atoms with Gasteiger partial charge in [0.1, 0.15) is 0 Å². The van der Waals surface area contributed by atoms with Crippen LogP contribution in [0, 0.1) is 6.92 Å². The Bertz CT molecular complexity index is 718. The summed E-state index contributed by atoms with van der Waals surface area (Å²) in [4.78, 5) is 0. The predicted octanol–water partition coefficient (Wildman–Crippen LogP) is 3.09. The lowest BCUT2D eigenvalue weighted by atomic mass is 10.1. The van der Waals surface area contributed by atoms with Gasteiger partial charge in [-0.3, -0.25) is 4.68 Å². The Hall–Kier alpha value is -2.28. The topological polar surface area (TPSA) is 60.3 Å². The molecular weight excluding hydrogens is 360 g/mol. The Morgan fingerprint density at radius 3 is 2.56 bits per heavy atom. The SMILES string of the molecule is CCOc1ccc(CCNC(=S)NCCCn2cc(C)cn2)cc1OCC. The van der Waals surface area contributed by atoms with Gasteiger partial charge in [-0.05, 0) is 69.1 Å². The van der Waals surface area contributed by atoms with E-state index in [0.29, 0.717) is 18.3 Å². The van der Waals surface area contributed by atoms with Crippen molar-refractivity contribution in [1.29, 1.82) is 0 Å². The van der Waals surface area contributed by atoms with Crippen LogP contribution in [0.15, 0.2) is 30.6 Å². The van der Waals surface area contributed by atoms with Crippen molar-refractivity contribution in [2.75, 3.05) is 26.3 Å². The van der Waals surface area contributed by atoms with E-state index < -0.39 is 0 Å². The molecule has 0 aliphatic heterocycles. The van der Waals surface area contributed by atoms with Crippen LogP contribution in [0.5, 0.6) is 11.5 Å². The Morgan fingerprint density at radius 2 is 1.85 bits per heavy atom. The lowest BCUT2D eigenvalue weighted by molar-refractivity contribution is 0.287. The highest BCUT2D eigenvalue weighted by Crippen LogP contribution is 2.28. The molecule has 0 aliphatic carbocycles. The lowest BCUT2D eigenvalue weighted by Crippen LogP contribution is -2.37. The first-order valence-corrected chi connectivity index (χ1v) is 9.92. The van der Waals surface area contributed by atoms with E-state index >= 15 is 0 Å². The molecule has 1 heterocycles. The molecular formula is C20H30N4O2S. The second-order valence-corrected chi connectivity index (χ2v) is 6.62. The van der Waals surface area contributed by atoms with Gasteiger partial charge in [-0.2, -0.15) is 5.10 Å². The number of aryl methyl sites for hydroxylation is 2. The van der Waals surface area contributed by atoms with Gasteiger partial charge < -0.3 is 20.1 Å². The molecule has 0 aliphatic rings. The molecule has 2 aromatic rings. The molecule has 1 aromatic carbocycles. The highest BCUT2D eigenvalue weighted by molar-refractivity contribution is 7.80. The van der Waals surface area contributed by atoms with Crippen LogP contribution in [-0.4, -0.2) is 41.2 Å². The third-order valence-corrected chi connectivity index (χ3v) is 4.21. The number of nitrogens with one attached hydrogen (secondary N) is 2. The molecule has 0 amide bonds. The summed E-state index contributed by atoms with van der Waals surface area (Å²) in [6.45, 7) is 9.71. The number of thiocarbonyl (C=S) groups is 1. The highest BCUT2D eigenvalue weighted by atomic mass is 32.1. The second-order valence-electron chi connectivity index (χ2n) is 6.21. The van der Waals surface area contributed by atoms with E-state index in [1.807, 2.05) is 50.0 Å². The van der Waals surface area contributed by atoms with Crippen LogP contribution in [0.3, 0.4) is 0 Å². The second kappa shape index (κ2) is 11.4. The van der Waals surface area contributed by atoms with E-state index in [9.17, 15) is 0 Å². The number of aromatic nitrogens is 2. The quantitative estimate of drug-likeness (QED) is 0.454. The van der Waals surface area contributed by atoms with Crippen LogP contribution in [-0.2, 0) is 13.0 Å². The van der Waals surface area contributed by atoms with Gasteiger partial charge in [0.15, 0.2) is 16.6 Å². The summed E-state index contributed by atoms with van der Waals surface area (Å²) < 4.78 is 13.2. The summed E-state index contributed by atoms with van der Waals surface area (Å²) in [5.41, 5.74) is 2.37. The molecule has 7 heteroatoms. The molecule has 0 unspecified atom stereocenters. The molecule has 0 saturated heterocycles. The summed E-state index contributed by atoms with van der Waals surface area (Å²) in [7, 11) is 0. The molecule has 0 fully saturated rings. The van der Waals surface area contributed by atoms with E-state index in [-0.39, 0.29) is 0 Å². The van der Waals surface area contributed by atoms with Crippen molar-refractivity contribution in [2.45, 2.75) is 40.2 Å². The first-order valence-electron chi connectivity index (χ1n) is 9.51. The molecule has 0 bridgehead atoms. The lowest BCUT2D eigenvalue weighted by Gasteiger charge is -2.13. The van der Waals surface area contributed by atoms with Gasteiger partial charge >= 0.3 is 0 Å². The molecule has 0 atom stereocenters. The summed E-state index contributed by atoms with van der Waals surface area (Å²) in [5.74, 6) is 1.59. The zero-order valence-corrected chi connectivity index (χ0v) is 17.3. The Morgan fingerprint density at radius 1 is 1.11 bits per heavy atom. The number of ether oxygens (including phenoxy) is 2. The minimum atomic E-state index is 0.619. The van der Waals surface area contributed by atoms with Crippen molar-refractivity contribution in [3.05, 3.63) is 41.7 Å². The summed E-state index contributed by atoms with van der Waals surface area (Å²) in [6.07, 6.45) is 5.75. The van der Waals surface area contributed by atoms with Crippen molar-refractivity contribution >= 4 is 17.3 Å². The number of hydrogen-bond acceptors (Lipinski definition) is 4. The van der Waals surface area contributed by atoms with Gasteiger partial charge in [0.2, 0.25) is 0 Å². The molecule has 148 valence electrons. The van der Waals surface area contributed by atoms with Crippen LogP contribution in [0.25, 0.3) is 0 Å². The molecule has 0 radical (unpaired) electrons. The maximum absolute atomic E-state index is 5.67.